The van der Waals surface area contributed by atoms with E-state index in [0.29, 0.717) is 6.61 Å². The molecule has 2 atom stereocenters. The summed E-state index contributed by atoms with van der Waals surface area (Å²) in [7, 11) is 0. The second-order valence-corrected chi connectivity index (χ2v) is 2.23. The van der Waals surface area contributed by atoms with Crippen molar-refractivity contribution in [3.63, 3.8) is 0 Å². The Morgan fingerprint density at radius 2 is 2.40 bits per heavy atom. The number of ether oxygens (including phenoxy) is 2. The lowest BCUT2D eigenvalue weighted by molar-refractivity contribution is -0.123. The standard InChI is InChI=1S/C6H11NO3/c1-4(8)7-6-3-9-5(2)10-6/h5-6H,3H2,1-2H3,(H,7,8). The van der Waals surface area contributed by atoms with Crippen molar-refractivity contribution in [1.82, 2.24) is 5.32 Å². The first-order valence-corrected chi connectivity index (χ1v) is 3.22. The van der Waals surface area contributed by atoms with Crippen molar-refractivity contribution in [3.05, 3.63) is 0 Å². The molecule has 0 saturated carbocycles. The molecular weight excluding hydrogens is 134 g/mol. The van der Waals surface area contributed by atoms with Crippen LogP contribution in [-0.4, -0.2) is 25.0 Å². The van der Waals surface area contributed by atoms with E-state index >= 15 is 0 Å². The normalized spacial score (nSPS) is 32.2. The highest BCUT2D eigenvalue weighted by atomic mass is 16.7. The van der Waals surface area contributed by atoms with Gasteiger partial charge in [0.1, 0.15) is 0 Å². The van der Waals surface area contributed by atoms with E-state index in [1.54, 1.807) is 6.92 Å². The molecule has 1 amide bonds. The molecule has 1 fully saturated rings. The first kappa shape index (κ1) is 7.50. The van der Waals surface area contributed by atoms with E-state index in [2.05, 4.69) is 5.32 Å². The maximum absolute atomic E-state index is 10.5. The van der Waals surface area contributed by atoms with Gasteiger partial charge in [-0.1, -0.05) is 0 Å². The van der Waals surface area contributed by atoms with Gasteiger partial charge in [0.15, 0.2) is 12.5 Å². The maximum Gasteiger partial charge on any atom is 0.218 e. The molecule has 1 aliphatic rings. The van der Waals surface area contributed by atoms with Gasteiger partial charge >= 0.3 is 0 Å². The van der Waals surface area contributed by atoms with E-state index in [4.69, 9.17) is 9.47 Å². The summed E-state index contributed by atoms with van der Waals surface area (Å²) in [5.41, 5.74) is 0. The van der Waals surface area contributed by atoms with Gasteiger partial charge < -0.3 is 14.8 Å². The van der Waals surface area contributed by atoms with Gasteiger partial charge in [0.25, 0.3) is 0 Å². The second-order valence-electron chi connectivity index (χ2n) is 2.23. The highest BCUT2D eigenvalue weighted by molar-refractivity contribution is 5.73. The minimum Gasteiger partial charge on any atom is -0.348 e. The Hall–Kier alpha value is -0.610. The smallest absolute Gasteiger partial charge is 0.218 e. The zero-order chi connectivity index (χ0) is 7.56. The Morgan fingerprint density at radius 1 is 1.70 bits per heavy atom. The Balaban J connectivity index is 2.24. The molecule has 0 aromatic heterocycles. The summed E-state index contributed by atoms with van der Waals surface area (Å²) in [6.45, 7) is 3.69. The third-order valence-corrected chi connectivity index (χ3v) is 1.20. The number of carbonyl (C=O) groups excluding carboxylic acids is 1. The molecular formula is C6H11NO3. The van der Waals surface area contributed by atoms with Crippen LogP contribution in [0.1, 0.15) is 13.8 Å². The predicted octanol–water partition coefficient (Wildman–Crippen LogP) is -0.159. The minimum atomic E-state index is -0.257. The predicted molar refractivity (Wildman–Crippen MR) is 34.1 cm³/mol. The van der Waals surface area contributed by atoms with Crippen LogP contribution in [0, 0.1) is 0 Å². The molecule has 1 rings (SSSR count). The fraction of sp³-hybridized carbons (Fsp3) is 0.833. The van der Waals surface area contributed by atoms with Gasteiger partial charge in [-0.3, -0.25) is 4.79 Å². The van der Waals surface area contributed by atoms with Crippen molar-refractivity contribution in [3.8, 4) is 0 Å². The molecule has 1 saturated heterocycles. The molecule has 0 bridgehead atoms. The van der Waals surface area contributed by atoms with E-state index in [-0.39, 0.29) is 18.4 Å². The monoisotopic (exact) mass is 145 g/mol. The number of carbonyl (C=O) groups is 1. The molecule has 0 aromatic carbocycles. The fourth-order valence-electron chi connectivity index (χ4n) is 0.835. The summed E-state index contributed by atoms with van der Waals surface area (Å²) in [6.07, 6.45) is -0.454. The molecule has 58 valence electrons. The number of hydrogen-bond donors (Lipinski definition) is 1. The van der Waals surface area contributed by atoms with E-state index in [1.165, 1.54) is 6.92 Å². The van der Waals surface area contributed by atoms with Crippen LogP contribution in [0.2, 0.25) is 0 Å². The average molecular weight is 145 g/mol. The molecule has 1 heterocycles. The topological polar surface area (TPSA) is 47.6 Å². The minimum absolute atomic E-state index is 0.0947. The van der Waals surface area contributed by atoms with E-state index < -0.39 is 0 Å². The van der Waals surface area contributed by atoms with Crippen molar-refractivity contribution < 1.29 is 14.3 Å². The van der Waals surface area contributed by atoms with Crippen LogP contribution in [0.5, 0.6) is 0 Å². The fourth-order valence-corrected chi connectivity index (χ4v) is 0.835. The Labute approximate surface area is 59.5 Å². The molecule has 10 heavy (non-hydrogen) atoms. The zero-order valence-electron chi connectivity index (χ0n) is 6.09. The molecule has 4 nitrogen and oxygen atoms in total. The Bertz CT molecular complexity index is 137. The molecule has 0 spiro atoms. The number of nitrogens with one attached hydrogen (secondary N) is 1. The lowest BCUT2D eigenvalue weighted by Crippen LogP contribution is -2.34. The third-order valence-electron chi connectivity index (χ3n) is 1.20. The average Bonchev–Trinajstić information content (AvgIpc) is 2.13. The molecule has 0 radical (unpaired) electrons. The van der Waals surface area contributed by atoms with Gasteiger partial charge in [-0.15, -0.1) is 0 Å². The number of hydrogen-bond acceptors (Lipinski definition) is 3. The first-order chi connectivity index (χ1) is 4.68. The molecule has 2 unspecified atom stereocenters. The van der Waals surface area contributed by atoms with E-state index in [9.17, 15) is 4.79 Å². The van der Waals surface area contributed by atoms with Crippen molar-refractivity contribution >= 4 is 5.91 Å². The van der Waals surface area contributed by atoms with Gasteiger partial charge in [-0.05, 0) is 6.92 Å². The second kappa shape index (κ2) is 2.98. The highest BCUT2D eigenvalue weighted by Crippen LogP contribution is 2.07. The summed E-state index contributed by atoms with van der Waals surface area (Å²) in [5.74, 6) is -0.0947. The summed E-state index contributed by atoms with van der Waals surface area (Å²) >= 11 is 0. The van der Waals surface area contributed by atoms with Crippen molar-refractivity contribution in [2.24, 2.45) is 0 Å². The third kappa shape index (κ3) is 1.97. The van der Waals surface area contributed by atoms with Crippen LogP contribution in [0.15, 0.2) is 0 Å². The van der Waals surface area contributed by atoms with Gasteiger partial charge in [-0.25, -0.2) is 0 Å². The molecule has 0 aliphatic carbocycles. The van der Waals surface area contributed by atoms with Gasteiger partial charge in [0.05, 0.1) is 6.61 Å². The van der Waals surface area contributed by atoms with Crippen LogP contribution < -0.4 is 5.32 Å². The molecule has 1 aliphatic heterocycles. The van der Waals surface area contributed by atoms with Crippen LogP contribution in [0.25, 0.3) is 0 Å². The van der Waals surface area contributed by atoms with Gasteiger partial charge in [0.2, 0.25) is 5.91 Å². The number of amides is 1. The SMILES string of the molecule is CC(=O)NC1COC(C)O1. The Morgan fingerprint density at radius 3 is 2.80 bits per heavy atom. The van der Waals surface area contributed by atoms with Gasteiger partial charge in [0, 0.05) is 6.92 Å². The van der Waals surface area contributed by atoms with E-state index in [0.717, 1.165) is 0 Å². The van der Waals surface area contributed by atoms with Crippen molar-refractivity contribution in [2.45, 2.75) is 26.4 Å². The van der Waals surface area contributed by atoms with Gasteiger partial charge in [-0.2, -0.15) is 0 Å². The van der Waals surface area contributed by atoms with Crippen molar-refractivity contribution in [1.29, 1.82) is 0 Å². The highest BCUT2D eigenvalue weighted by Gasteiger charge is 2.22. The summed E-state index contributed by atoms with van der Waals surface area (Å²) in [6, 6.07) is 0. The maximum atomic E-state index is 10.5. The van der Waals surface area contributed by atoms with Crippen LogP contribution in [0.4, 0.5) is 0 Å². The van der Waals surface area contributed by atoms with Crippen LogP contribution in [-0.2, 0) is 14.3 Å². The van der Waals surface area contributed by atoms with Crippen LogP contribution in [0.3, 0.4) is 0 Å². The summed E-state index contributed by atoms with van der Waals surface area (Å²) in [4.78, 5) is 10.5. The van der Waals surface area contributed by atoms with Crippen LogP contribution >= 0.6 is 0 Å². The summed E-state index contributed by atoms with van der Waals surface area (Å²) < 4.78 is 10.1. The zero-order valence-corrected chi connectivity index (χ0v) is 6.09. The van der Waals surface area contributed by atoms with Crippen molar-refractivity contribution in [2.75, 3.05) is 6.61 Å². The van der Waals surface area contributed by atoms with E-state index in [1.807, 2.05) is 0 Å². The molecule has 4 heteroatoms. The lowest BCUT2D eigenvalue weighted by Gasteiger charge is -2.07. The number of rotatable bonds is 1. The lowest BCUT2D eigenvalue weighted by atomic mass is 10.5. The molecule has 1 N–H and O–H groups in total. The quantitative estimate of drug-likeness (QED) is 0.557. The molecule has 0 aromatic rings. The summed E-state index contributed by atoms with van der Waals surface area (Å²) in [5, 5.41) is 2.59. The largest absolute Gasteiger partial charge is 0.348 e. The Kier molecular flexibility index (Phi) is 2.24. The first-order valence-electron chi connectivity index (χ1n) is 3.22.